The van der Waals surface area contributed by atoms with Gasteiger partial charge in [-0.15, -0.1) is 23.1 Å². The summed E-state index contributed by atoms with van der Waals surface area (Å²) in [4.78, 5) is 10.1. The van der Waals surface area contributed by atoms with Crippen molar-refractivity contribution in [3.8, 4) is 0 Å². The number of hydrogen-bond acceptors (Lipinski definition) is 4. The molecule has 0 unspecified atom stereocenters. The summed E-state index contributed by atoms with van der Waals surface area (Å²) in [6.45, 7) is 4.40. The molecule has 0 saturated heterocycles. The lowest BCUT2D eigenvalue weighted by Crippen LogP contribution is -1.85. The molecule has 0 spiro atoms. The van der Waals surface area contributed by atoms with Crippen LogP contribution in [0.3, 0.4) is 0 Å². The van der Waals surface area contributed by atoms with Crippen molar-refractivity contribution >= 4 is 34.1 Å². The quantitative estimate of drug-likeness (QED) is 0.730. The van der Waals surface area contributed by atoms with E-state index in [-0.39, 0.29) is 0 Å². The Balaban J connectivity index is 2.73. The van der Waals surface area contributed by atoms with Gasteiger partial charge in [0.2, 0.25) is 0 Å². The van der Waals surface area contributed by atoms with Gasteiger partial charge < -0.3 is 0 Å². The number of fused-ring (bicyclic) bond motifs is 1. The Hall–Kier alpha value is -0.610. The number of nitrogens with zero attached hydrogens (tertiary/aromatic N) is 2. The minimum atomic E-state index is 0.528. The van der Waals surface area contributed by atoms with Gasteiger partial charge in [0, 0.05) is 17.3 Å². The topological polar surface area (TPSA) is 25.8 Å². The molecule has 0 bridgehead atoms. The molecule has 0 radical (unpaired) electrons. The third-order valence-electron chi connectivity index (χ3n) is 2.04. The molecule has 0 amide bonds. The van der Waals surface area contributed by atoms with Crippen molar-refractivity contribution in [1.82, 2.24) is 9.97 Å². The van der Waals surface area contributed by atoms with Gasteiger partial charge in [0.15, 0.2) is 0 Å². The van der Waals surface area contributed by atoms with Crippen LogP contribution in [0.5, 0.6) is 0 Å². The Kier molecular flexibility index (Phi) is 2.74. The molecule has 2 nitrogen and oxygen atoms in total. The van der Waals surface area contributed by atoms with Gasteiger partial charge in [0.25, 0.3) is 0 Å². The molecule has 0 aliphatic carbocycles. The van der Waals surface area contributed by atoms with Gasteiger partial charge in [-0.1, -0.05) is 13.8 Å². The summed E-state index contributed by atoms with van der Waals surface area (Å²) in [5.74, 6) is 0.528. The smallest absolute Gasteiger partial charge is 0.113 e. The summed E-state index contributed by atoms with van der Waals surface area (Å²) >= 11 is 3.57. The zero-order chi connectivity index (χ0) is 10.1. The fourth-order valence-electron chi connectivity index (χ4n) is 1.39. The largest absolute Gasteiger partial charge is 0.252 e. The molecule has 2 heterocycles. The highest BCUT2D eigenvalue weighted by atomic mass is 32.2. The van der Waals surface area contributed by atoms with E-state index in [1.165, 1.54) is 9.09 Å². The molecule has 0 saturated carbocycles. The third kappa shape index (κ3) is 1.53. The van der Waals surface area contributed by atoms with Gasteiger partial charge in [0.1, 0.15) is 11.0 Å². The Labute approximate surface area is 91.8 Å². The SMILES string of the molecule is CSc1sc(C(C)C)c2nccnc12. The number of thioether (sulfide) groups is 1. The average molecular weight is 224 g/mol. The van der Waals surface area contributed by atoms with E-state index in [0.29, 0.717) is 5.92 Å². The third-order valence-corrected chi connectivity index (χ3v) is 4.61. The Bertz CT molecular complexity index is 448. The first-order valence-corrected chi connectivity index (χ1v) is 6.55. The fourth-order valence-corrected chi connectivity index (χ4v) is 3.27. The van der Waals surface area contributed by atoms with Gasteiger partial charge in [-0.05, 0) is 12.2 Å². The van der Waals surface area contributed by atoms with Crippen LogP contribution in [-0.2, 0) is 0 Å². The Morgan fingerprint density at radius 3 is 2.43 bits per heavy atom. The van der Waals surface area contributed by atoms with E-state index >= 15 is 0 Å². The van der Waals surface area contributed by atoms with Crippen LogP contribution >= 0.6 is 23.1 Å². The number of thiophene rings is 1. The van der Waals surface area contributed by atoms with Crippen molar-refractivity contribution in [1.29, 1.82) is 0 Å². The van der Waals surface area contributed by atoms with Crippen molar-refractivity contribution in [3.05, 3.63) is 17.3 Å². The summed E-state index contributed by atoms with van der Waals surface area (Å²) < 4.78 is 1.27. The molecule has 2 aromatic rings. The van der Waals surface area contributed by atoms with Crippen LogP contribution in [0.2, 0.25) is 0 Å². The maximum Gasteiger partial charge on any atom is 0.113 e. The lowest BCUT2D eigenvalue weighted by Gasteiger charge is -1.99. The highest BCUT2D eigenvalue weighted by Gasteiger charge is 2.14. The predicted molar refractivity (Wildman–Crippen MR) is 63.3 cm³/mol. The standard InChI is InChI=1S/C10H12N2S2/c1-6(2)9-7-8(10(13-3)14-9)12-5-4-11-7/h4-6H,1-3H3. The van der Waals surface area contributed by atoms with Crippen LogP contribution in [0.25, 0.3) is 11.0 Å². The minimum Gasteiger partial charge on any atom is -0.252 e. The molecule has 0 fully saturated rings. The number of aromatic nitrogens is 2. The molecule has 14 heavy (non-hydrogen) atoms. The molecule has 4 heteroatoms. The number of rotatable bonds is 2. The molecule has 0 aliphatic rings. The van der Waals surface area contributed by atoms with E-state index in [1.807, 2.05) is 11.3 Å². The van der Waals surface area contributed by atoms with Gasteiger partial charge in [0.05, 0.1) is 4.21 Å². The maximum absolute atomic E-state index is 4.41. The molecule has 0 aromatic carbocycles. The van der Waals surface area contributed by atoms with Crippen molar-refractivity contribution in [2.45, 2.75) is 24.0 Å². The first-order valence-electron chi connectivity index (χ1n) is 4.51. The Morgan fingerprint density at radius 1 is 1.21 bits per heavy atom. The second-order valence-electron chi connectivity index (χ2n) is 3.37. The van der Waals surface area contributed by atoms with Crippen molar-refractivity contribution < 1.29 is 0 Å². The van der Waals surface area contributed by atoms with Gasteiger partial charge in [-0.3, -0.25) is 9.97 Å². The molecule has 0 N–H and O–H groups in total. The van der Waals surface area contributed by atoms with E-state index in [2.05, 4.69) is 30.1 Å². The van der Waals surface area contributed by atoms with E-state index in [0.717, 1.165) is 11.0 Å². The maximum atomic E-state index is 4.41. The van der Waals surface area contributed by atoms with E-state index in [9.17, 15) is 0 Å². The second-order valence-corrected chi connectivity index (χ2v) is 5.49. The van der Waals surface area contributed by atoms with Crippen molar-refractivity contribution in [3.63, 3.8) is 0 Å². The zero-order valence-electron chi connectivity index (χ0n) is 8.44. The number of hydrogen-bond donors (Lipinski definition) is 0. The van der Waals surface area contributed by atoms with E-state index < -0.39 is 0 Å². The predicted octanol–water partition coefficient (Wildman–Crippen LogP) is 3.54. The monoisotopic (exact) mass is 224 g/mol. The van der Waals surface area contributed by atoms with Crippen molar-refractivity contribution in [2.24, 2.45) is 0 Å². The van der Waals surface area contributed by atoms with Crippen LogP contribution in [-0.4, -0.2) is 16.2 Å². The summed E-state index contributed by atoms with van der Waals surface area (Å²) in [5.41, 5.74) is 2.14. The van der Waals surface area contributed by atoms with Crippen LogP contribution < -0.4 is 0 Å². The fraction of sp³-hybridized carbons (Fsp3) is 0.400. The Morgan fingerprint density at radius 2 is 1.86 bits per heavy atom. The van der Waals surface area contributed by atoms with Gasteiger partial charge in [-0.25, -0.2) is 0 Å². The van der Waals surface area contributed by atoms with Crippen LogP contribution in [0.15, 0.2) is 16.6 Å². The van der Waals surface area contributed by atoms with Crippen LogP contribution in [0, 0.1) is 0 Å². The lowest BCUT2D eigenvalue weighted by atomic mass is 10.1. The summed E-state index contributed by atoms with van der Waals surface area (Å²) in [6.07, 6.45) is 5.62. The van der Waals surface area contributed by atoms with Gasteiger partial charge in [-0.2, -0.15) is 0 Å². The van der Waals surface area contributed by atoms with Crippen molar-refractivity contribution in [2.75, 3.05) is 6.26 Å². The molecular formula is C10H12N2S2. The van der Waals surface area contributed by atoms with Crippen LogP contribution in [0.1, 0.15) is 24.6 Å². The molecule has 0 atom stereocenters. The summed E-state index contributed by atoms with van der Waals surface area (Å²) in [5, 5.41) is 0. The summed E-state index contributed by atoms with van der Waals surface area (Å²) in [7, 11) is 0. The van der Waals surface area contributed by atoms with E-state index in [1.54, 1.807) is 24.2 Å². The minimum absolute atomic E-state index is 0.528. The molecule has 0 aliphatic heterocycles. The normalized spacial score (nSPS) is 11.4. The second kappa shape index (κ2) is 3.87. The van der Waals surface area contributed by atoms with E-state index in [4.69, 9.17) is 0 Å². The lowest BCUT2D eigenvalue weighted by molar-refractivity contribution is 0.894. The highest BCUT2D eigenvalue weighted by molar-refractivity contribution is 8.00. The first kappa shape index (κ1) is 9.93. The molecular weight excluding hydrogens is 212 g/mol. The highest BCUT2D eigenvalue weighted by Crippen LogP contribution is 2.38. The molecule has 2 rings (SSSR count). The average Bonchev–Trinajstić information content (AvgIpc) is 2.56. The first-order chi connectivity index (χ1) is 6.74. The molecule has 2 aromatic heterocycles. The zero-order valence-corrected chi connectivity index (χ0v) is 10.1. The van der Waals surface area contributed by atoms with Gasteiger partial charge >= 0.3 is 0 Å². The van der Waals surface area contributed by atoms with Crippen LogP contribution in [0.4, 0.5) is 0 Å². The summed E-state index contributed by atoms with van der Waals surface area (Å²) in [6, 6.07) is 0. The molecule has 74 valence electrons.